The summed E-state index contributed by atoms with van der Waals surface area (Å²) in [7, 11) is -7.90. The molecule has 2 aliphatic rings. The number of alkyl halides is 4. The van der Waals surface area contributed by atoms with Crippen molar-refractivity contribution in [3.63, 3.8) is 0 Å². The maximum absolute atomic E-state index is 13.5. The third-order valence-electron chi connectivity index (χ3n) is 11.5. The molecule has 2 saturated heterocycles. The van der Waals surface area contributed by atoms with E-state index in [2.05, 4.69) is 111 Å². The smallest absolute Gasteiger partial charge is 0.407 e. The number of benzene rings is 4. The van der Waals surface area contributed by atoms with Crippen LogP contribution in [0.5, 0.6) is 0 Å². The van der Waals surface area contributed by atoms with E-state index in [1.54, 1.807) is 0 Å². The van der Waals surface area contributed by atoms with Crippen molar-refractivity contribution in [3.05, 3.63) is 131 Å². The van der Waals surface area contributed by atoms with E-state index in [0.29, 0.717) is 51.4 Å². The van der Waals surface area contributed by atoms with Gasteiger partial charge >= 0.3 is 12.2 Å². The number of aliphatic hydroxyl groups excluding tert-OH is 2. The summed E-state index contributed by atoms with van der Waals surface area (Å²) in [5.74, 6) is -0.0177. The Morgan fingerprint density at radius 3 is 1.35 bits per heavy atom. The molecule has 0 aromatic heterocycles. The van der Waals surface area contributed by atoms with Gasteiger partial charge in [0, 0.05) is 55.3 Å². The molecule has 6 atom stereocenters. The van der Waals surface area contributed by atoms with Crippen LogP contribution in [0.1, 0.15) is 51.7 Å². The van der Waals surface area contributed by atoms with Gasteiger partial charge in [-0.25, -0.2) is 26.4 Å². The minimum Gasteiger partial charge on any atom is -0.444 e. The van der Waals surface area contributed by atoms with E-state index < -0.39 is 56.5 Å². The van der Waals surface area contributed by atoms with Gasteiger partial charge in [-0.3, -0.25) is 0 Å². The van der Waals surface area contributed by atoms with Crippen LogP contribution in [0.25, 0.3) is 10.4 Å². The molecule has 2 heterocycles. The normalized spacial score (nSPS) is 16.8. The number of carbonyl (C=O) groups excluding carboxylic acids is 2. The van der Waals surface area contributed by atoms with E-state index in [-0.39, 0.29) is 72.1 Å². The van der Waals surface area contributed by atoms with E-state index in [9.17, 15) is 36.6 Å². The number of rotatable bonds is 23. The number of nitrogens with two attached hydrogens (primary N) is 1. The highest BCUT2D eigenvalue weighted by Gasteiger charge is 2.34. The molecule has 0 saturated carbocycles. The summed E-state index contributed by atoms with van der Waals surface area (Å²) in [6, 6.07) is 28.6. The van der Waals surface area contributed by atoms with E-state index in [0.717, 1.165) is 11.1 Å². The number of anilines is 1. The number of aliphatic hydroxyl groups is 2. The third kappa shape index (κ3) is 25.5. The van der Waals surface area contributed by atoms with Crippen LogP contribution in [-0.4, -0.2) is 142 Å². The number of sulfonamides is 2. The summed E-state index contributed by atoms with van der Waals surface area (Å²) in [5.41, 5.74) is 16.8. The molecule has 4 aromatic rings. The predicted octanol–water partition coefficient (Wildman–Crippen LogP) is 9.79. The van der Waals surface area contributed by atoms with Crippen molar-refractivity contribution < 1.29 is 55.6 Å². The first-order valence-corrected chi connectivity index (χ1v) is 33.7. The molecular formula is C52H72I4N8O12S2. The monoisotopic (exact) mass is 1570 g/mol. The Morgan fingerprint density at radius 2 is 1.03 bits per heavy atom. The summed E-state index contributed by atoms with van der Waals surface area (Å²) >= 11 is 9.10. The van der Waals surface area contributed by atoms with Gasteiger partial charge in [0.15, 0.2) is 0 Å². The lowest BCUT2D eigenvalue weighted by Crippen LogP contribution is -2.51. The van der Waals surface area contributed by atoms with Gasteiger partial charge in [0.2, 0.25) is 20.0 Å². The topological polar surface area (TPSA) is 285 Å². The number of azide groups is 1. The number of ether oxygens (including phenoxy) is 4. The Hall–Kier alpha value is -2.89. The average Bonchev–Trinajstić information content (AvgIpc) is 4.12. The lowest BCUT2D eigenvalue weighted by molar-refractivity contribution is 0.0642. The number of hydrogen-bond acceptors (Lipinski definition) is 14. The van der Waals surface area contributed by atoms with Crippen LogP contribution < -0.4 is 16.4 Å². The maximum Gasteiger partial charge on any atom is 0.407 e. The largest absolute Gasteiger partial charge is 0.444 e. The lowest BCUT2D eigenvalue weighted by Gasteiger charge is -2.30. The number of carbonyl (C=O) groups is 2. The standard InChI is InChI=1S/C25H33N5O6S.C25H35N3O6S.CHI3.CH3I/c1-18(2)15-30(37(33,34)22-10-8-20(9-11-22)28-29-26)16-24(31)23(14-19-6-4-3-5-7-19)27-25(32)36-21-12-13-35-17-21;1-18(2)15-28(35(31,32)22-10-8-20(26)9-11-22)16-24(29)23(14-19-6-4-3-5-7-19)27-25(30)34-21-12-13-33-17-21;2-1(3)4;1-2/h3-11,18,21,23-24,31H,12-17H2,1-2H3,(H,27,32);3-11,18,21,23-24,29H,12-17,26H2,1-2H3,(H,27,30);1H;1H3/t2*21?,23-,24+;;/m00../s1. The molecule has 20 nitrogen and oxygen atoms in total. The number of nitrogens with zero attached hydrogens (tertiary/aromatic N) is 5. The molecule has 2 amide bonds. The molecule has 2 aliphatic heterocycles. The number of amides is 2. The van der Waals surface area contributed by atoms with Crippen LogP contribution in [0.15, 0.2) is 124 Å². The Balaban J connectivity index is 0.000000373. The average molecular weight is 1570 g/mol. The first-order valence-electron chi connectivity index (χ1n) is 24.9. The zero-order valence-corrected chi connectivity index (χ0v) is 54.5. The van der Waals surface area contributed by atoms with Crippen LogP contribution >= 0.6 is 90.4 Å². The molecule has 0 bridgehead atoms. The maximum atomic E-state index is 13.5. The Kier molecular flexibility index (Phi) is 32.5. The molecule has 6 rings (SSSR count). The van der Waals surface area contributed by atoms with Gasteiger partial charge in [0.05, 0.1) is 60.5 Å². The zero-order valence-electron chi connectivity index (χ0n) is 44.2. The van der Waals surface area contributed by atoms with Crippen molar-refractivity contribution in [2.45, 2.75) is 99.6 Å². The molecule has 4 aromatic carbocycles. The number of alkyl carbamates (subject to hydrolysis) is 2. The molecule has 78 heavy (non-hydrogen) atoms. The number of hydrogen-bond donors (Lipinski definition) is 5. The highest BCUT2D eigenvalue weighted by Crippen LogP contribution is 2.24. The Labute approximate surface area is 514 Å². The molecule has 6 N–H and O–H groups in total. The summed E-state index contributed by atoms with van der Waals surface area (Å²) in [6.45, 7) is 9.15. The molecule has 0 aliphatic carbocycles. The lowest BCUT2D eigenvalue weighted by atomic mass is 10.0. The summed E-state index contributed by atoms with van der Waals surface area (Å²) in [6.07, 6.45) is -2.70. The molecule has 0 spiro atoms. The second kappa shape index (κ2) is 36.5. The van der Waals surface area contributed by atoms with Crippen molar-refractivity contribution in [1.29, 1.82) is 0 Å². The van der Waals surface area contributed by atoms with E-state index in [1.165, 1.54) is 57.1 Å². The number of nitrogen functional groups attached to an aromatic ring is 1. The zero-order chi connectivity index (χ0) is 57.8. The SMILES string of the molecule is CC(C)CN(C[C@@H](O)[C@H](Cc1ccccc1)NC(=O)OC1CCOC1)S(=O)(=O)c1ccc(N)cc1.CC(C)CN(C[C@@H](O)[C@H](Cc1ccccc1)NC(=O)OC1CCOC1)S(=O)(=O)c1ccc(N=[N+]=[N-])cc1.CI.IC(I)I. The van der Waals surface area contributed by atoms with Crippen molar-refractivity contribution in [2.24, 2.45) is 17.0 Å². The van der Waals surface area contributed by atoms with Crippen molar-refractivity contribution in [2.75, 3.05) is 63.3 Å². The van der Waals surface area contributed by atoms with Crippen LogP contribution in [0.2, 0.25) is 0 Å². The first-order chi connectivity index (χ1) is 37.1. The number of nitrogens with one attached hydrogen (secondary N) is 2. The Bertz CT molecular complexity index is 2630. The summed E-state index contributed by atoms with van der Waals surface area (Å²) in [4.78, 5) is 29.9. The second-order valence-corrected chi connectivity index (χ2v) is 33.5. The molecule has 26 heteroatoms. The van der Waals surface area contributed by atoms with Gasteiger partial charge in [-0.2, -0.15) is 8.61 Å². The van der Waals surface area contributed by atoms with Gasteiger partial charge in [0.1, 0.15) is 12.1 Å². The third-order valence-corrected chi connectivity index (χ3v) is 15.2. The van der Waals surface area contributed by atoms with E-state index >= 15 is 0 Å². The van der Waals surface area contributed by atoms with Crippen molar-refractivity contribution >= 4 is 134 Å². The minimum atomic E-state index is -4.00. The predicted molar refractivity (Wildman–Crippen MR) is 337 cm³/mol. The fourth-order valence-electron chi connectivity index (χ4n) is 7.89. The van der Waals surface area contributed by atoms with E-state index in [1.807, 2.05) is 93.3 Å². The van der Waals surface area contributed by atoms with Gasteiger partial charge in [0.25, 0.3) is 0 Å². The minimum absolute atomic E-state index is 0.00505. The Morgan fingerprint density at radius 1 is 0.667 bits per heavy atom. The van der Waals surface area contributed by atoms with Gasteiger partial charge in [-0.15, -0.1) is 0 Å². The van der Waals surface area contributed by atoms with Crippen LogP contribution in [-0.2, 0) is 51.8 Å². The highest BCUT2D eigenvalue weighted by atomic mass is 127. The molecular weight excluding hydrogens is 1500 g/mol. The molecule has 432 valence electrons. The summed E-state index contributed by atoms with van der Waals surface area (Å²) < 4.78 is 78.3. The van der Waals surface area contributed by atoms with Crippen LogP contribution in [0.4, 0.5) is 21.0 Å². The van der Waals surface area contributed by atoms with Crippen molar-refractivity contribution in [3.8, 4) is 0 Å². The van der Waals surface area contributed by atoms with Crippen molar-refractivity contribution in [1.82, 2.24) is 19.2 Å². The highest BCUT2D eigenvalue weighted by molar-refractivity contribution is 14.3. The molecule has 2 unspecified atom stereocenters. The fourth-order valence-corrected chi connectivity index (χ4v) is 11.1. The molecule has 0 radical (unpaired) electrons. The van der Waals surface area contributed by atoms with Crippen LogP contribution in [0, 0.1) is 11.8 Å². The fraction of sp³-hybridized carbons (Fsp3) is 0.500. The number of halogens is 4. The van der Waals surface area contributed by atoms with Gasteiger partial charge < -0.3 is 45.5 Å². The molecule has 2 fully saturated rings. The first kappa shape index (κ1) is 69.4. The quantitative estimate of drug-likeness (QED) is 0.0116. The second-order valence-electron chi connectivity index (χ2n) is 18.7. The van der Waals surface area contributed by atoms with Gasteiger partial charge in [-0.1, -0.05) is 196 Å². The van der Waals surface area contributed by atoms with E-state index in [4.69, 9.17) is 30.2 Å². The van der Waals surface area contributed by atoms with Crippen LogP contribution in [0.3, 0.4) is 0 Å². The van der Waals surface area contributed by atoms with Gasteiger partial charge in [-0.05, 0) is 82.7 Å². The summed E-state index contributed by atoms with van der Waals surface area (Å²) in [5, 5.41) is 31.4.